The zero-order valence-corrected chi connectivity index (χ0v) is 18.9. The van der Waals surface area contributed by atoms with Crippen molar-refractivity contribution in [3.8, 4) is 11.5 Å². The molecule has 3 rings (SSSR count). The van der Waals surface area contributed by atoms with E-state index in [-0.39, 0.29) is 26.2 Å². The van der Waals surface area contributed by atoms with E-state index in [1.54, 1.807) is 18.2 Å². The van der Waals surface area contributed by atoms with Gasteiger partial charge < -0.3 is 9.47 Å². The maximum Gasteiger partial charge on any atom is 0.263 e. The number of benzene rings is 3. The molecule has 0 aromatic heterocycles. The van der Waals surface area contributed by atoms with Gasteiger partial charge in [-0.15, -0.1) is 0 Å². The van der Waals surface area contributed by atoms with E-state index in [1.807, 2.05) is 0 Å². The first-order valence-corrected chi connectivity index (χ1v) is 12.1. The number of sulfonamides is 2. The van der Waals surface area contributed by atoms with Gasteiger partial charge in [-0.1, -0.05) is 23.7 Å². The summed E-state index contributed by atoms with van der Waals surface area (Å²) in [6.07, 6.45) is 0. The van der Waals surface area contributed by atoms with Gasteiger partial charge in [0.2, 0.25) is 0 Å². The summed E-state index contributed by atoms with van der Waals surface area (Å²) in [6, 6.07) is 16.0. The topological polar surface area (TPSA) is 111 Å². The molecule has 0 aliphatic carbocycles. The van der Waals surface area contributed by atoms with Crippen molar-refractivity contribution < 1.29 is 26.3 Å². The minimum absolute atomic E-state index is 0.0141. The number of hydrogen-bond donors (Lipinski definition) is 2. The number of nitrogens with one attached hydrogen (secondary N) is 2. The SMILES string of the molecule is COc1ccc(S(=O)(=O)Nc2ccc(Cl)c(S(=O)(=O)Nc3ccccc3OC)c2)cc1. The van der Waals surface area contributed by atoms with Crippen molar-refractivity contribution in [2.24, 2.45) is 0 Å². The maximum absolute atomic E-state index is 12.9. The van der Waals surface area contributed by atoms with Crippen molar-refractivity contribution in [1.29, 1.82) is 0 Å². The van der Waals surface area contributed by atoms with Crippen LogP contribution < -0.4 is 18.9 Å². The minimum atomic E-state index is -4.14. The van der Waals surface area contributed by atoms with Crippen LogP contribution in [0, 0.1) is 0 Å². The lowest BCUT2D eigenvalue weighted by Crippen LogP contribution is -2.16. The number of anilines is 2. The van der Waals surface area contributed by atoms with Crippen LogP contribution in [-0.4, -0.2) is 31.1 Å². The standard InChI is InChI=1S/C20H19ClN2O6S2/c1-28-15-8-10-16(11-9-15)30(24,25)22-14-7-12-17(21)20(13-14)31(26,27)23-18-5-3-4-6-19(18)29-2/h3-13,22-23H,1-2H3. The highest BCUT2D eigenvalue weighted by molar-refractivity contribution is 7.93. The smallest absolute Gasteiger partial charge is 0.263 e. The molecule has 2 N–H and O–H groups in total. The summed E-state index contributed by atoms with van der Waals surface area (Å²) in [7, 11) is -5.23. The molecule has 0 saturated carbocycles. The Morgan fingerprint density at radius 1 is 0.774 bits per heavy atom. The van der Waals surface area contributed by atoms with Crippen LogP contribution in [-0.2, 0) is 20.0 Å². The van der Waals surface area contributed by atoms with Gasteiger partial charge in [-0.3, -0.25) is 9.44 Å². The summed E-state index contributed by atoms with van der Waals surface area (Å²) in [5.41, 5.74) is 0.242. The van der Waals surface area contributed by atoms with E-state index in [1.165, 1.54) is 56.7 Å². The van der Waals surface area contributed by atoms with Crippen LogP contribution in [0.3, 0.4) is 0 Å². The Morgan fingerprint density at radius 3 is 2.10 bits per heavy atom. The van der Waals surface area contributed by atoms with Crippen LogP contribution in [0.1, 0.15) is 0 Å². The molecule has 0 fully saturated rings. The Bertz CT molecular complexity index is 1290. The fraction of sp³-hybridized carbons (Fsp3) is 0.100. The van der Waals surface area contributed by atoms with Crippen molar-refractivity contribution in [1.82, 2.24) is 0 Å². The quantitative estimate of drug-likeness (QED) is 0.502. The Morgan fingerprint density at radius 2 is 1.45 bits per heavy atom. The van der Waals surface area contributed by atoms with Gasteiger partial charge in [-0.25, -0.2) is 16.8 Å². The Balaban J connectivity index is 1.92. The van der Waals surface area contributed by atoms with Crippen molar-refractivity contribution in [2.45, 2.75) is 9.79 Å². The molecule has 31 heavy (non-hydrogen) atoms. The highest BCUT2D eigenvalue weighted by atomic mass is 35.5. The molecule has 0 aliphatic rings. The molecule has 0 saturated heterocycles. The molecule has 0 atom stereocenters. The number of hydrogen-bond acceptors (Lipinski definition) is 6. The van der Waals surface area contributed by atoms with Gasteiger partial charge >= 0.3 is 0 Å². The van der Waals surface area contributed by atoms with Gasteiger partial charge in [0, 0.05) is 0 Å². The van der Waals surface area contributed by atoms with Crippen LogP contribution in [0.2, 0.25) is 5.02 Å². The Hall–Kier alpha value is -2.95. The lowest BCUT2D eigenvalue weighted by molar-refractivity contribution is 0.414. The highest BCUT2D eigenvalue weighted by Crippen LogP contribution is 2.31. The Kier molecular flexibility index (Phi) is 6.63. The van der Waals surface area contributed by atoms with Gasteiger partial charge in [0.15, 0.2) is 0 Å². The molecule has 0 unspecified atom stereocenters. The molecule has 8 nitrogen and oxygen atoms in total. The van der Waals surface area contributed by atoms with Crippen LogP contribution in [0.5, 0.6) is 11.5 Å². The summed E-state index contributed by atoms with van der Waals surface area (Å²) in [5, 5.41) is -0.0743. The van der Waals surface area contributed by atoms with E-state index in [9.17, 15) is 16.8 Å². The predicted octanol–water partition coefficient (Wildman–Crippen LogP) is 3.96. The first kappa shape index (κ1) is 22.7. The molecule has 0 spiro atoms. The second-order valence-corrected chi connectivity index (χ2v) is 9.97. The molecule has 0 heterocycles. The van der Waals surface area contributed by atoms with Crippen LogP contribution in [0.25, 0.3) is 0 Å². The highest BCUT2D eigenvalue weighted by Gasteiger charge is 2.22. The summed E-state index contributed by atoms with van der Waals surface area (Å²) >= 11 is 6.10. The molecule has 3 aromatic carbocycles. The van der Waals surface area contributed by atoms with E-state index < -0.39 is 20.0 Å². The summed E-state index contributed by atoms with van der Waals surface area (Å²) in [4.78, 5) is -0.310. The van der Waals surface area contributed by atoms with E-state index >= 15 is 0 Å². The fourth-order valence-corrected chi connectivity index (χ4v) is 5.32. The zero-order chi connectivity index (χ0) is 22.6. The summed E-state index contributed by atoms with van der Waals surface area (Å²) in [6.45, 7) is 0. The number of methoxy groups -OCH3 is 2. The molecule has 0 radical (unpaired) electrons. The fourth-order valence-electron chi connectivity index (χ4n) is 2.67. The second kappa shape index (κ2) is 9.04. The molecule has 164 valence electrons. The van der Waals surface area contributed by atoms with Crippen molar-refractivity contribution in [3.05, 3.63) is 71.8 Å². The van der Waals surface area contributed by atoms with Gasteiger partial charge in [-0.2, -0.15) is 0 Å². The van der Waals surface area contributed by atoms with Crippen molar-refractivity contribution in [3.63, 3.8) is 0 Å². The molecule has 3 aromatic rings. The third-order valence-electron chi connectivity index (χ3n) is 4.19. The summed E-state index contributed by atoms with van der Waals surface area (Å²) in [5.74, 6) is 0.819. The van der Waals surface area contributed by atoms with E-state index in [4.69, 9.17) is 21.1 Å². The lowest BCUT2D eigenvalue weighted by Gasteiger charge is -2.14. The first-order valence-electron chi connectivity index (χ1n) is 8.78. The average Bonchev–Trinajstić information content (AvgIpc) is 2.75. The third-order valence-corrected chi connectivity index (χ3v) is 7.44. The molecule has 11 heteroatoms. The second-order valence-electron chi connectivity index (χ2n) is 6.23. The molecule has 0 aliphatic heterocycles. The predicted molar refractivity (Wildman–Crippen MR) is 119 cm³/mol. The van der Waals surface area contributed by atoms with Gasteiger partial charge in [0.1, 0.15) is 16.4 Å². The van der Waals surface area contributed by atoms with Gasteiger partial charge in [0.05, 0.1) is 35.5 Å². The molecular weight excluding hydrogens is 464 g/mol. The molecule has 0 bridgehead atoms. The Labute approximate surface area is 185 Å². The minimum Gasteiger partial charge on any atom is -0.497 e. The average molecular weight is 483 g/mol. The van der Waals surface area contributed by atoms with E-state index in [2.05, 4.69) is 9.44 Å². The van der Waals surface area contributed by atoms with Gasteiger partial charge in [-0.05, 0) is 54.6 Å². The van der Waals surface area contributed by atoms with Crippen LogP contribution in [0.15, 0.2) is 76.5 Å². The maximum atomic E-state index is 12.9. The molecular formula is C20H19ClN2O6S2. The lowest BCUT2D eigenvalue weighted by atomic mass is 10.3. The zero-order valence-electron chi connectivity index (χ0n) is 16.5. The first-order chi connectivity index (χ1) is 14.7. The van der Waals surface area contributed by atoms with Gasteiger partial charge in [0.25, 0.3) is 20.0 Å². The number of ether oxygens (including phenoxy) is 2. The molecule has 0 amide bonds. The third kappa shape index (κ3) is 5.22. The summed E-state index contributed by atoms with van der Waals surface area (Å²) < 4.78 is 66.0. The largest absolute Gasteiger partial charge is 0.497 e. The van der Waals surface area contributed by atoms with Crippen molar-refractivity contribution in [2.75, 3.05) is 23.7 Å². The van der Waals surface area contributed by atoms with E-state index in [0.29, 0.717) is 11.5 Å². The number of rotatable bonds is 8. The van der Waals surface area contributed by atoms with Crippen LogP contribution >= 0.6 is 11.6 Å². The normalized spacial score (nSPS) is 11.6. The van der Waals surface area contributed by atoms with E-state index in [0.717, 1.165) is 6.07 Å². The monoisotopic (exact) mass is 482 g/mol. The van der Waals surface area contributed by atoms with Crippen LogP contribution in [0.4, 0.5) is 11.4 Å². The van der Waals surface area contributed by atoms with Crippen molar-refractivity contribution >= 4 is 43.0 Å². The number of para-hydroxylation sites is 2. The number of halogens is 1.